The van der Waals surface area contributed by atoms with Gasteiger partial charge in [-0.25, -0.2) is 0 Å². The quantitative estimate of drug-likeness (QED) is 0.574. The standard InChI is InChI=1S/C10H10N2/c1-7-5-9(8-3-4-8)6-12-10(7)11-2/h5-6,8H,3-4H2,1H3. The summed E-state index contributed by atoms with van der Waals surface area (Å²) in [6, 6.07) is 2.10. The van der Waals surface area contributed by atoms with Crippen LogP contribution in [0.2, 0.25) is 0 Å². The van der Waals surface area contributed by atoms with Gasteiger partial charge in [-0.1, -0.05) is 12.6 Å². The Labute approximate surface area is 72.1 Å². The van der Waals surface area contributed by atoms with Crippen molar-refractivity contribution in [2.75, 3.05) is 0 Å². The lowest BCUT2D eigenvalue weighted by Crippen LogP contribution is -1.84. The van der Waals surface area contributed by atoms with Crippen LogP contribution in [-0.2, 0) is 0 Å². The normalized spacial score (nSPS) is 15.7. The van der Waals surface area contributed by atoms with Crippen LogP contribution < -0.4 is 0 Å². The van der Waals surface area contributed by atoms with Gasteiger partial charge in [-0.2, -0.15) is 0 Å². The van der Waals surface area contributed by atoms with Crippen LogP contribution in [0.3, 0.4) is 0 Å². The van der Waals surface area contributed by atoms with Gasteiger partial charge in [-0.15, -0.1) is 4.98 Å². The molecule has 12 heavy (non-hydrogen) atoms. The second-order valence-corrected chi connectivity index (χ2v) is 3.30. The molecule has 2 rings (SSSR count). The zero-order valence-electron chi connectivity index (χ0n) is 7.04. The molecule has 1 heterocycles. The Hall–Kier alpha value is -1.36. The summed E-state index contributed by atoms with van der Waals surface area (Å²) in [5, 5.41) is 0. The van der Waals surface area contributed by atoms with E-state index in [-0.39, 0.29) is 0 Å². The van der Waals surface area contributed by atoms with E-state index >= 15 is 0 Å². The molecule has 0 radical (unpaired) electrons. The second-order valence-electron chi connectivity index (χ2n) is 3.30. The molecule has 1 aliphatic carbocycles. The second kappa shape index (κ2) is 2.60. The molecule has 1 aromatic heterocycles. The summed E-state index contributed by atoms with van der Waals surface area (Å²) >= 11 is 0. The highest BCUT2D eigenvalue weighted by Gasteiger charge is 2.24. The summed E-state index contributed by atoms with van der Waals surface area (Å²) in [4.78, 5) is 7.43. The van der Waals surface area contributed by atoms with Crippen molar-refractivity contribution in [2.45, 2.75) is 25.7 Å². The van der Waals surface area contributed by atoms with Gasteiger partial charge in [0.25, 0.3) is 5.82 Å². The molecule has 0 aliphatic heterocycles. The van der Waals surface area contributed by atoms with Crippen LogP contribution in [0.5, 0.6) is 0 Å². The van der Waals surface area contributed by atoms with Gasteiger partial charge in [0, 0.05) is 0 Å². The van der Waals surface area contributed by atoms with Gasteiger partial charge < -0.3 is 4.85 Å². The Morgan fingerprint density at radius 1 is 1.58 bits per heavy atom. The van der Waals surface area contributed by atoms with E-state index in [0.717, 1.165) is 11.5 Å². The third-order valence-corrected chi connectivity index (χ3v) is 2.23. The first-order valence-corrected chi connectivity index (χ1v) is 4.15. The van der Waals surface area contributed by atoms with Gasteiger partial charge in [0.2, 0.25) is 0 Å². The Kier molecular flexibility index (Phi) is 1.58. The van der Waals surface area contributed by atoms with Gasteiger partial charge >= 0.3 is 0 Å². The van der Waals surface area contributed by atoms with Crippen molar-refractivity contribution in [1.82, 2.24) is 4.98 Å². The van der Waals surface area contributed by atoms with Gasteiger partial charge in [0.05, 0.1) is 0 Å². The lowest BCUT2D eigenvalue weighted by Gasteiger charge is -1.98. The highest BCUT2D eigenvalue weighted by Crippen LogP contribution is 2.40. The molecule has 1 aromatic rings. The van der Waals surface area contributed by atoms with E-state index < -0.39 is 0 Å². The van der Waals surface area contributed by atoms with E-state index in [1.807, 2.05) is 13.1 Å². The molecule has 0 spiro atoms. The first kappa shape index (κ1) is 7.30. The number of aromatic nitrogens is 1. The fourth-order valence-electron chi connectivity index (χ4n) is 1.35. The Morgan fingerprint density at radius 3 is 2.83 bits per heavy atom. The van der Waals surface area contributed by atoms with Crippen molar-refractivity contribution < 1.29 is 0 Å². The highest BCUT2D eigenvalue weighted by atomic mass is 14.9. The lowest BCUT2D eigenvalue weighted by atomic mass is 10.1. The average Bonchev–Trinajstić information content (AvgIpc) is 2.86. The van der Waals surface area contributed by atoms with Gasteiger partial charge in [-0.3, -0.25) is 0 Å². The topological polar surface area (TPSA) is 17.2 Å². The van der Waals surface area contributed by atoms with Crippen LogP contribution in [0, 0.1) is 13.5 Å². The van der Waals surface area contributed by atoms with Crippen LogP contribution in [0.4, 0.5) is 5.82 Å². The Bertz CT molecular complexity index is 345. The molecule has 0 unspecified atom stereocenters. The Balaban J connectivity index is 2.38. The molecular weight excluding hydrogens is 148 g/mol. The van der Waals surface area contributed by atoms with Crippen molar-refractivity contribution in [3.05, 3.63) is 34.8 Å². The molecule has 0 amide bonds. The number of rotatable bonds is 1. The van der Waals surface area contributed by atoms with Crippen LogP contribution >= 0.6 is 0 Å². The van der Waals surface area contributed by atoms with Crippen molar-refractivity contribution in [3.8, 4) is 0 Å². The molecule has 2 nitrogen and oxygen atoms in total. The predicted octanol–water partition coefficient (Wildman–Crippen LogP) is 2.82. The maximum absolute atomic E-state index is 6.84. The molecule has 60 valence electrons. The van der Waals surface area contributed by atoms with Gasteiger partial charge in [-0.05, 0) is 36.8 Å². The predicted molar refractivity (Wildman–Crippen MR) is 47.2 cm³/mol. The van der Waals surface area contributed by atoms with E-state index in [1.165, 1.54) is 18.4 Å². The minimum Gasteiger partial charge on any atom is -0.360 e. The van der Waals surface area contributed by atoms with E-state index in [2.05, 4.69) is 15.9 Å². The minimum atomic E-state index is 0.541. The molecule has 1 fully saturated rings. The fraction of sp³-hybridized carbons (Fsp3) is 0.400. The molecule has 2 heteroatoms. The average molecular weight is 158 g/mol. The smallest absolute Gasteiger partial charge is 0.272 e. The zero-order chi connectivity index (χ0) is 8.55. The Morgan fingerprint density at radius 2 is 2.33 bits per heavy atom. The van der Waals surface area contributed by atoms with E-state index in [9.17, 15) is 0 Å². The van der Waals surface area contributed by atoms with Gasteiger partial charge in [0.1, 0.15) is 6.20 Å². The van der Waals surface area contributed by atoms with Gasteiger partial charge in [0.15, 0.2) is 0 Å². The molecule has 1 saturated carbocycles. The zero-order valence-corrected chi connectivity index (χ0v) is 7.04. The molecule has 0 aromatic carbocycles. The summed E-state index contributed by atoms with van der Waals surface area (Å²) in [5.74, 6) is 1.27. The maximum atomic E-state index is 6.84. The summed E-state index contributed by atoms with van der Waals surface area (Å²) in [7, 11) is 0. The van der Waals surface area contributed by atoms with Crippen molar-refractivity contribution in [2.24, 2.45) is 0 Å². The molecule has 0 N–H and O–H groups in total. The number of nitrogens with zero attached hydrogens (tertiary/aromatic N) is 2. The molecular formula is C10H10N2. The first-order chi connectivity index (χ1) is 5.81. The summed E-state index contributed by atoms with van der Waals surface area (Å²) < 4.78 is 0. The van der Waals surface area contributed by atoms with E-state index in [0.29, 0.717) is 5.82 Å². The van der Waals surface area contributed by atoms with Crippen LogP contribution in [0.1, 0.15) is 29.9 Å². The van der Waals surface area contributed by atoms with E-state index in [4.69, 9.17) is 6.57 Å². The highest BCUT2D eigenvalue weighted by molar-refractivity contribution is 5.46. The molecule has 0 atom stereocenters. The summed E-state index contributed by atoms with van der Waals surface area (Å²) in [6.45, 7) is 8.79. The summed E-state index contributed by atoms with van der Waals surface area (Å²) in [6.07, 6.45) is 4.43. The van der Waals surface area contributed by atoms with Crippen LogP contribution in [0.15, 0.2) is 12.3 Å². The third kappa shape index (κ3) is 1.18. The number of aryl methyl sites for hydroxylation is 1. The van der Waals surface area contributed by atoms with Crippen molar-refractivity contribution in [3.63, 3.8) is 0 Å². The molecule has 0 bridgehead atoms. The number of hydrogen-bond acceptors (Lipinski definition) is 1. The van der Waals surface area contributed by atoms with Crippen LogP contribution in [-0.4, -0.2) is 4.98 Å². The largest absolute Gasteiger partial charge is 0.360 e. The van der Waals surface area contributed by atoms with Crippen LogP contribution in [0.25, 0.3) is 4.85 Å². The van der Waals surface area contributed by atoms with E-state index in [1.54, 1.807) is 0 Å². The van der Waals surface area contributed by atoms with Crippen molar-refractivity contribution >= 4 is 5.82 Å². The number of pyridine rings is 1. The summed E-state index contributed by atoms with van der Waals surface area (Å²) in [5.41, 5.74) is 2.31. The maximum Gasteiger partial charge on any atom is 0.272 e. The monoisotopic (exact) mass is 158 g/mol. The molecule has 0 saturated heterocycles. The number of hydrogen-bond donors (Lipinski definition) is 0. The first-order valence-electron chi connectivity index (χ1n) is 4.15. The fourth-order valence-corrected chi connectivity index (χ4v) is 1.35. The lowest BCUT2D eigenvalue weighted by molar-refractivity contribution is 1.09. The third-order valence-electron chi connectivity index (χ3n) is 2.23. The minimum absolute atomic E-state index is 0.541. The molecule has 1 aliphatic rings. The van der Waals surface area contributed by atoms with Crippen molar-refractivity contribution in [1.29, 1.82) is 0 Å². The SMILES string of the molecule is [C-]#[N+]c1ncc(C2CC2)cc1C.